The average Bonchev–Trinajstić information content (AvgIpc) is 3.57. The first-order chi connectivity index (χ1) is 21.1. The van der Waals surface area contributed by atoms with Crippen molar-refractivity contribution >= 4 is 41.8 Å². The number of rotatable bonds is 8. The van der Waals surface area contributed by atoms with Crippen molar-refractivity contribution in [2.24, 2.45) is 0 Å². The molecule has 47 heavy (non-hydrogen) atoms. The number of carbonyl (C=O) groups excluding carboxylic acids is 1. The van der Waals surface area contributed by atoms with E-state index in [9.17, 15) is 13.6 Å². The van der Waals surface area contributed by atoms with Gasteiger partial charge in [-0.2, -0.15) is 28.6 Å². The number of aromatic nitrogens is 4. The molecule has 1 aromatic carbocycles. The standard InChI is InChI=1S/C31H40F2N8O3.2CH4.H2S/c1-20-14-25-24(16-34-37-25)28(21(20)2)41-8-7-23-26(17-41)35-30(44-18-22-15-31(32,33)19-38(22)3)36-29(23)40-11-9-39(10-12-40)27(42)6-5-13-43-4;;;/h5-6,14,16,22H,7-13,15,17-19H2,1-4H3,(H,34,37);2*1H4;1H2/b6-5+;;;/t22-;;;/m0.../s1. The molecular weight excluding hydrogens is 626 g/mol. The summed E-state index contributed by atoms with van der Waals surface area (Å²) in [7, 11) is 3.28. The Balaban J connectivity index is 0.00000200. The van der Waals surface area contributed by atoms with Crippen LogP contribution in [0.5, 0.6) is 6.01 Å². The van der Waals surface area contributed by atoms with Crippen LogP contribution in [-0.2, 0) is 22.5 Å². The summed E-state index contributed by atoms with van der Waals surface area (Å²) in [5, 5.41) is 8.45. The van der Waals surface area contributed by atoms with Gasteiger partial charge in [0.1, 0.15) is 12.4 Å². The monoisotopic (exact) mass is 676 g/mol. The number of H-pyrrole nitrogens is 1. The van der Waals surface area contributed by atoms with Gasteiger partial charge < -0.3 is 24.2 Å². The number of aromatic amines is 1. The number of benzene rings is 1. The summed E-state index contributed by atoms with van der Waals surface area (Å²) in [6, 6.07) is 1.89. The number of hydrogen-bond donors (Lipinski definition) is 1. The van der Waals surface area contributed by atoms with Crippen molar-refractivity contribution in [3.63, 3.8) is 0 Å². The number of anilines is 2. The van der Waals surface area contributed by atoms with Crippen LogP contribution in [0.2, 0.25) is 0 Å². The van der Waals surface area contributed by atoms with E-state index in [4.69, 9.17) is 19.4 Å². The molecule has 3 aliphatic rings. The fourth-order valence-corrected chi connectivity index (χ4v) is 6.53. The van der Waals surface area contributed by atoms with Crippen LogP contribution < -0.4 is 14.5 Å². The highest BCUT2D eigenvalue weighted by molar-refractivity contribution is 7.59. The molecule has 2 aromatic heterocycles. The van der Waals surface area contributed by atoms with Crippen molar-refractivity contribution in [1.82, 2.24) is 30.0 Å². The lowest BCUT2D eigenvalue weighted by Gasteiger charge is -2.38. The zero-order valence-electron chi connectivity index (χ0n) is 26.3. The Morgan fingerprint density at radius 2 is 1.87 bits per heavy atom. The van der Waals surface area contributed by atoms with Crippen molar-refractivity contribution in [2.45, 2.75) is 60.1 Å². The SMILES string of the molecule is C.C.COC/C=C/C(=O)N1CCN(c2nc(OC[C@@H]3CC(F)(F)CN3C)nc3c2CCN(c2c(C)c(C)cc4[nH]ncc24)C3)CC1.S. The number of nitrogens with one attached hydrogen (secondary N) is 1. The van der Waals surface area contributed by atoms with E-state index >= 15 is 0 Å². The van der Waals surface area contributed by atoms with Crippen molar-refractivity contribution in [1.29, 1.82) is 0 Å². The number of methoxy groups -OCH3 is 1. The fraction of sp³-hybridized carbons (Fsp3) is 0.576. The van der Waals surface area contributed by atoms with E-state index < -0.39 is 12.0 Å². The Morgan fingerprint density at radius 1 is 1.13 bits per heavy atom. The average molecular weight is 677 g/mol. The van der Waals surface area contributed by atoms with Gasteiger partial charge >= 0.3 is 6.01 Å². The first-order valence-electron chi connectivity index (χ1n) is 15.1. The molecule has 3 aromatic rings. The van der Waals surface area contributed by atoms with Crippen molar-refractivity contribution < 1.29 is 23.0 Å². The Labute approximate surface area is 283 Å². The molecule has 0 radical (unpaired) electrons. The van der Waals surface area contributed by atoms with Gasteiger partial charge in [0.05, 0.1) is 42.8 Å². The summed E-state index contributed by atoms with van der Waals surface area (Å²) in [6.45, 7) is 8.08. The lowest BCUT2D eigenvalue weighted by Crippen LogP contribution is -2.49. The maximum Gasteiger partial charge on any atom is 0.318 e. The second kappa shape index (κ2) is 15.6. The topological polar surface area (TPSA) is 103 Å². The smallest absolute Gasteiger partial charge is 0.318 e. The lowest BCUT2D eigenvalue weighted by molar-refractivity contribution is -0.126. The number of aryl methyl sites for hydroxylation is 1. The van der Waals surface area contributed by atoms with Gasteiger partial charge in [-0.25, -0.2) is 8.78 Å². The van der Waals surface area contributed by atoms with Crippen LogP contribution in [0.1, 0.15) is 43.7 Å². The minimum atomic E-state index is -2.73. The maximum absolute atomic E-state index is 14.0. The summed E-state index contributed by atoms with van der Waals surface area (Å²) in [5.74, 6) is -1.97. The normalized spacial score (nSPS) is 19.3. The Kier molecular flexibility index (Phi) is 12.6. The molecule has 0 saturated carbocycles. The first-order valence-corrected chi connectivity index (χ1v) is 15.1. The summed E-state index contributed by atoms with van der Waals surface area (Å²) in [4.78, 5) is 30.3. The number of piperazine rings is 1. The predicted molar refractivity (Wildman–Crippen MR) is 187 cm³/mol. The number of likely N-dealkylation sites (N-methyl/N-ethyl adjacent to an activating group) is 1. The lowest BCUT2D eigenvalue weighted by atomic mass is 9.99. The molecule has 1 N–H and O–H groups in total. The number of nitrogens with zero attached hydrogens (tertiary/aromatic N) is 7. The van der Waals surface area contributed by atoms with E-state index in [-0.39, 0.29) is 59.8 Å². The molecule has 1 amide bonds. The molecule has 0 unspecified atom stereocenters. The van der Waals surface area contributed by atoms with Crippen molar-refractivity contribution in [3.05, 3.63) is 46.8 Å². The van der Waals surface area contributed by atoms with Crippen LogP contribution >= 0.6 is 13.5 Å². The molecule has 14 heteroatoms. The number of ether oxygens (including phenoxy) is 2. The number of amides is 1. The third-order valence-electron chi connectivity index (χ3n) is 9.03. The highest BCUT2D eigenvalue weighted by Crippen LogP contribution is 2.37. The molecule has 0 aliphatic carbocycles. The zero-order chi connectivity index (χ0) is 31.0. The first kappa shape index (κ1) is 38.0. The third-order valence-corrected chi connectivity index (χ3v) is 9.03. The van der Waals surface area contributed by atoms with E-state index in [0.29, 0.717) is 39.3 Å². The number of likely N-dealkylation sites (tertiary alicyclic amines) is 1. The number of alkyl halides is 2. The van der Waals surface area contributed by atoms with Crippen LogP contribution in [0, 0.1) is 13.8 Å². The molecule has 2 saturated heterocycles. The molecule has 11 nitrogen and oxygen atoms in total. The molecule has 1 atom stereocenters. The zero-order valence-corrected chi connectivity index (χ0v) is 27.3. The van der Waals surface area contributed by atoms with Crippen LogP contribution in [-0.4, -0.2) is 114 Å². The van der Waals surface area contributed by atoms with Gasteiger partial charge in [-0.3, -0.25) is 14.8 Å². The van der Waals surface area contributed by atoms with E-state index in [0.717, 1.165) is 46.6 Å². The van der Waals surface area contributed by atoms with E-state index in [1.54, 1.807) is 31.2 Å². The maximum atomic E-state index is 14.0. The second-order valence-electron chi connectivity index (χ2n) is 12.0. The van der Waals surface area contributed by atoms with Gasteiger partial charge in [0.25, 0.3) is 5.92 Å². The van der Waals surface area contributed by atoms with E-state index in [1.165, 1.54) is 11.1 Å². The van der Waals surface area contributed by atoms with Crippen LogP contribution in [0.3, 0.4) is 0 Å². The molecule has 260 valence electrons. The molecule has 0 bridgehead atoms. The molecule has 6 rings (SSSR count). The summed E-state index contributed by atoms with van der Waals surface area (Å²) >= 11 is 0. The number of carbonyl (C=O) groups is 1. The third kappa shape index (κ3) is 7.98. The Hall–Kier alpha value is -3.49. The number of fused-ring (bicyclic) bond motifs is 2. The number of hydrogen-bond acceptors (Lipinski definition) is 9. The van der Waals surface area contributed by atoms with Crippen molar-refractivity contribution in [2.75, 3.05) is 76.4 Å². The van der Waals surface area contributed by atoms with E-state index in [1.807, 2.05) is 11.1 Å². The molecule has 2 fully saturated rings. The predicted octanol–water partition coefficient (Wildman–Crippen LogP) is 4.49. The van der Waals surface area contributed by atoms with Gasteiger partial charge in [0.15, 0.2) is 0 Å². The highest BCUT2D eigenvalue weighted by Gasteiger charge is 2.43. The van der Waals surface area contributed by atoms with Gasteiger partial charge in [-0.05, 0) is 44.5 Å². The highest BCUT2D eigenvalue weighted by atomic mass is 32.1. The summed E-state index contributed by atoms with van der Waals surface area (Å²) < 4.78 is 39.2. The summed E-state index contributed by atoms with van der Waals surface area (Å²) in [5.41, 5.74) is 6.41. The Morgan fingerprint density at radius 3 is 2.55 bits per heavy atom. The van der Waals surface area contributed by atoms with Gasteiger partial charge in [0, 0.05) is 69.3 Å². The van der Waals surface area contributed by atoms with Gasteiger partial charge in [-0.15, -0.1) is 0 Å². The fourth-order valence-electron chi connectivity index (χ4n) is 6.53. The largest absolute Gasteiger partial charge is 0.462 e. The molecular formula is C33H50F2N8O3S. The quantitative estimate of drug-likeness (QED) is 0.346. The van der Waals surface area contributed by atoms with Gasteiger partial charge in [0.2, 0.25) is 5.91 Å². The van der Waals surface area contributed by atoms with Crippen LogP contribution in [0.15, 0.2) is 24.4 Å². The molecule has 0 spiro atoms. The van der Waals surface area contributed by atoms with E-state index in [2.05, 4.69) is 39.9 Å². The minimum absolute atomic E-state index is 0. The van der Waals surface area contributed by atoms with Crippen LogP contribution in [0.4, 0.5) is 20.3 Å². The molecule has 3 aliphatic heterocycles. The van der Waals surface area contributed by atoms with Crippen molar-refractivity contribution in [3.8, 4) is 6.01 Å². The summed E-state index contributed by atoms with van der Waals surface area (Å²) in [6.07, 6.45) is 5.62. The second-order valence-corrected chi connectivity index (χ2v) is 12.0. The Bertz CT molecular complexity index is 1560. The minimum Gasteiger partial charge on any atom is -0.462 e. The van der Waals surface area contributed by atoms with Crippen LogP contribution in [0.25, 0.3) is 10.9 Å². The molecule has 5 heterocycles. The number of halogens is 2. The van der Waals surface area contributed by atoms with Gasteiger partial charge in [-0.1, -0.05) is 20.9 Å².